The smallest absolute Gasteiger partial charge is 0.302 e. The van der Waals surface area contributed by atoms with E-state index in [9.17, 15) is 13.6 Å². The molecule has 0 bridgehead atoms. The second-order valence-electron chi connectivity index (χ2n) is 3.14. The van der Waals surface area contributed by atoms with Gasteiger partial charge in [-0.3, -0.25) is 9.00 Å². The van der Waals surface area contributed by atoms with Gasteiger partial charge < -0.3 is 9.29 Å². The van der Waals surface area contributed by atoms with Gasteiger partial charge in [0.05, 0.1) is 6.61 Å². The zero-order valence-corrected chi connectivity index (χ0v) is 10.0. The van der Waals surface area contributed by atoms with E-state index in [1.54, 1.807) is 6.92 Å². The van der Waals surface area contributed by atoms with Crippen molar-refractivity contribution in [3.05, 3.63) is 0 Å². The highest BCUT2D eigenvalue weighted by atomic mass is 32.2. The van der Waals surface area contributed by atoms with Crippen molar-refractivity contribution in [2.75, 3.05) is 19.7 Å². The number of unbranched alkanes of at least 4 members (excludes halogenated alkanes) is 2. The SMILES string of the molecule is CCN(CCCCCOC(C)=O)S(=O)[O-]. The normalized spacial score (nSPS) is 12.8. The van der Waals surface area contributed by atoms with Crippen LogP contribution >= 0.6 is 0 Å². The minimum Gasteiger partial charge on any atom is -0.760 e. The molecule has 0 aliphatic carbocycles. The molecule has 0 spiro atoms. The van der Waals surface area contributed by atoms with E-state index in [4.69, 9.17) is 4.74 Å². The lowest BCUT2D eigenvalue weighted by Gasteiger charge is -2.21. The Labute approximate surface area is 93.2 Å². The Morgan fingerprint density at radius 2 is 2.07 bits per heavy atom. The molecule has 0 rings (SSSR count). The van der Waals surface area contributed by atoms with Gasteiger partial charge in [0.25, 0.3) is 0 Å². The Balaban J connectivity index is 3.37. The predicted molar refractivity (Wildman–Crippen MR) is 56.7 cm³/mol. The van der Waals surface area contributed by atoms with Crippen LogP contribution in [0.4, 0.5) is 0 Å². The molecule has 90 valence electrons. The predicted octanol–water partition coefficient (Wildman–Crippen LogP) is 0.836. The Morgan fingerprint density at radius 3 is 2.53 bits per heavy atom. The van der Waals surface area contributed by atoms with Crippen LogP contribution in [-0.4, -0.2) is 38.7 Å². The van der Waals surface area contributed by atoms with Crippen LogP contribution in [0.3, 0.4) is 0 Å². The number of ether oxygens (including phenoxy) is 1. The zero-order chi connectivity index (χ0) is 11.7. The summed E-state index contributed by atoms with van der Waals surface area (Å²) in [5.41, 5.74) is 0. The van der Waals surface area contributed by atoms with Gasteiger partial charge in [0.2, 0.25) is 0 Å². The highest BCUT2D eigenvalue weighted by molar-refractivity contribution is 7.76. The monoisotopic (exact) mass is 236 g/mol. The van der Waals surface area contributed by atoms with Gasteiger partial charge in [0, 0.05) is 31.3 Å². The highest BCUT2D eigenvalue weighted by Crippen LogP contribution is 2.00. The molecular weight excluding hydrogens is 218 g/mol. The van der Waals surface area contributed by atoms with E-state index in [1.165, 1.54) is 11.2 Å². The van der Waals surface area contributed by atoms with Gasteiger partial charge in [-0.1, -0.05) is 6.92 Å². The quantitative estimate of drug-likeness (QED) is 0.355. The summed E-state index contributed by atoms with van der Waals surface area (Å²) in [7, 11) is 0. The minimum absolute atomic E-state index is 0.272. The Hall–Kier alpha value is -0.460. The molecule has 15 heavy (non-hydrogen) atoms. The molecule has 0 N–H and O–H groups in total. The molecular formula is C9H18NO4S-. The van der Waals surface area contributed by atoms with E-state index in [0.29, 0.717) is 19.7 Å². The third-order valence-electron chi connectivity index (χ3n) is 1.92. The second-order valence-corrected chi connectivity index (χ2v) is 4.09. The lowest BCUT2D eigenvalue weighted by atomic mass is 10.2. The number of carbonyl (C=O) groups excluding carboxylic acids is 1. The van der Waals surface area contributed by atoms with Gasteiger partial charge in [-0.15, -0.1) is 0 Å². The largest absolute Gasteiger partial charge is 0.760 e. The van der Waals surface area contributed by atoms with Crippen molar-refractivity contribution in [1.29, 1.82) is 0 Å². The van der Waals surface area contributed by atoms with Crippen LogP contribution in [0.2, 0.25) is 0 Å². The molecule has 0 fully saturated rings. The molecule has 1 atom stereocenters. The van der Waals surface area contributed by atoms with Gasteiger partial charge in [0.15, 0.2) is 0 Å². The molecule has 0 aliphatic rings. The molecule has 0 aromatic rings. The summed E-state index contributed by atoms with van der Waals surface area (Å²) < 4.78 is 27.3. The summed E-state index contributed by atoms with van der Waals surface area (Å²) >= 11 is -2.12. The minimum atomic E-state index is -2.12. The topological polar surface area (TPSA) is 69.7 Å². The van der Waals surface area contributed by atoms with Crippen molar-refractivity contribution < 1.29 is 18.3 Å². The fraction of sp³-hybridized carbons (Fsp3) is 0.889. The zero-order valence-electron chi connectivity index (χ0n) is 9.23. The van der Waals surface area contributed by atoms with E-state index in [-0.39, 0.29) is 5.97 Å². The summed E-state index contributed by atoms with van der Waals surface area (Å²) in [4.78, 5) is 10.4. The van der Waals surface area contributed by atoms with Crippen molar-refractivity contribution >= 4 is 17.2 Å². The maximum atomic E-state index is 10.6. The summed E-state index contributed by atoms with van der Waals surface area (Å²) in [5, 5.41) is 0. The lowest BCUT2D eigenvalue weighted by molar-refractivity contribution is -0.141. The summed E-state index contributed by atoms with van der Waals surface area (Å²) in [5.74, 6) is -0.272. The molecule has 0 aliphatic heterocycles. The summed E-state index contributed by atoms with van der Waals surface area (Å²) in [6, 6.07) is 0. The highest BCUT2D eigenvalue weighted by Gasteiger charge is 2.01. The van der Waals surface area contributed by atoms with E-state index in [0.717, 1.165) is 19.3 Å². The van der Waals surface area contributed by atoms with E-state index < -0.39 is 11.3 Å². The summed E-state index contributed by atoms with van der Waals surface area (Å²) in [6.07, 6.45) is 2.44. The van der Waals surface area contributed by atoms with Crippen molar-refractivity contribution in [3.63, 3.8) is 0 Å². The lowest BCUT2D eigenvalue weighted by Crippen LogP contribution is -2.26. The van der Waals surface area contributed by atoms with Gasteiger partial charge in [-0.2, -0.15) is 0 Å². The average molecular weight is 236 g/mol. The van der Waals surface area contributed by atoms with Crippen LogP contribution < -0.4 is 0 Å². The Kier molecular flexibility index (Phi) is 8.55. The van der Waals surface area contributed by atoms with Crippen molar-refractivity contribution in [3.8, 4) is 0 Å². The van der Waals surface area contributed by atoms with Gasteiger partial charge >= 0.3 is 5.97 Å². The van der Waals surface area contributed by atoms with Crippen molar-refractivity contribution in [1.82, 2.24) is 4.31 Å². The first kappa shape index (κ1) is 14.5. The molecule has 5 nitrogen and oxygen atoms in total. The van der Waals surface area contributed by atoms with Gasteiger partial charge in [0.1, 0.15) is 0 Å². The first-order chi connectivity index (χ1) is 7.07. The van der Waals surface area contributed by atoms with Crippen LogP contribution in [0.25, 0.3) is 0 Å². The number of rotatable bonds is 8. The van der Waals surface area contributed by atoms with Crippen LogP contribution in [0.1, 0.15) is 33.1 Å². The number of hydrogen-bond donors (Lipinski definition) is 0. The molecule has 0 saturated heterocycles. The molecule has 6 heteroatoms. The molecule has 0 amide bonds. The standard InChI is InChI=1S/C9H19NO4S/c1-3-10(15(12)13)7-5-4-6-8-14-9(2)11/h3-8H2,1-2H3,(H,12,13)/p-1. The molecule has 0 aromatic heterocycles. The number of nitrogens with zero attached hydrogens (tertiary/aromatic N) is 1. The van der Waals surface area contributed by atoms with Crippen LogP contribution in [0, 0.1) is 0 Å². The van der Waals surface area contributed by atoms with Crippen LogP contribution in [0.5, 0.6) is 0 Å². The molecule has 1 unspecified atom stereocenters. The van der Waals surface area contributed by atoms with Gasteiger partial charge in [-0.25, -0.2) is 4.31 Å². The van der Waals surface area contributed by atoms with Gasteiger partial charge in [-0.05, 0) is 19.3 Å². The maximum Gasteiger partial charge on any atom is 0.302 e. The van der Waals surface area contributed by atoms with Crippen LogP contribution in [0.15, 0.2) is 0 Å². The van der Waals surface area contributed by atoms with E-state index in [2.05, 4.69) is 0 Å². The Bertz CT molecular complexity index is 210. The number of carbonyl (C=O) groups is 1. The molecule has 0 radical (unpaired) electrons. The summed E-state index contributed by atoms with van der Waals surface area (Å²) in [6.45, 7) is 4.63. The fourth-order valence-electron chi connectivity index (χ4n) is 1.12. The third-order valence-corrected chi connectivity index (χ3v) is 2.78. The Morgan fingerprint density at radius 1 is 1.40 bits per heavy atom. The van der Waals surface area contributed by atoms with Crippen LogP contribution in [-0.2, 0) is 20.8 Å². The van der Waals surface area contributed by atoms with E-state index in [1.807, 2.05) is 0 Å². The number of esters is 1. The first-order valence-electron chi connectivity index (χ1n) is 5.05. The van der Waals surface area contributed by atoms with Crippen molar-refractivity contribution in [2.24, 2.45) is 0 Å². The van der Waals surface area contributed by atoms with Crippen molar-refractivity contribution in [2.45, 2.75) is 33.1 Å². The number of hydrogen-bond acceptors (Lipinski definition) is 4. The second kappa shape index (κ2) is 8.82. The maximum absolute atomic E-state index is 10.6. The first-order valence-corrected chi connectivity index (χ1v) is 6.08. The molecule has 0 aromatic carbocycles. The average Bonchev–Trinajstić information content (AvgIpc) is 2.15. The third kappa shape index (κ3) is 8.53. The molecule has 0 heterocycles. The van der Waals surface area contributed by atoms with E-state index >= 15 is 0 Å². The fourth-order valence-corrected chi connectivity index (χ4v) is 1.61. The molecule has 0 saturated carbocycles.